The van der Waals surface area contributed by atoms with Crippen molar-refractivity contribution < 1.29 is 8.78 Å². The summed E-state index contributed by atoms with van der Waals surface area (Å²) in [5.41, 5.74) is 5.39. The number of halogens is 2. The molecular weight excluding hydrogens is 238 g/mol. The van der Waals surface area contributed by atoms with E-state index in [1.54, 1.807) is 4.90 Å². The molecule has 0 radical (unpaired) electrons. The molecule has 0 spiro atoms. The van der Waals surface area contributed by atoms with Crippen molar-refractivity contribution in [1.82, 2.24) is 9.88 Å². The van der Waals surface area contributed by atoms with Gasteiger partial charge in [-0.25, -0.2) is 13.8 Å². The predicted octanol–water partition coefficient (Wildman–Crippen LogP) is 1.72. The van der Waals surface area contributed by atoms with Crippen LogP contribution in [0.25, 0.3) is 0 Å². The number of nitrogens with zero attached hydrogens (tertiary/aromatic N) is 3. The zero-order chi connectivity index (χ0) is 13.9. The fourth-order valence-electron chi connectivity index (χ4n) is 1.97. The van der Waals surface area contributed by atoms with Crippen molar-refractivity contribution >= 4 is 11.6 Å². The fourth-order valence-corrected chi connectivity index (χ4v) is 1.97. The summed E-state index contributed by atoms with van der Waals surface area (Å²) in [7, 11) is 3.88. The molecule has 0 aliphatic carbocycles. The lowest BCUT2D eigenvalue weighted by molar-refractivity contribution is 0.370. The maximum atomic E-state index is 13.8. The minimum absolute atomic E-state index is 0.0526. The highest BCUT2D eigenvalue weighted by Crippen LogP contribution is 2.22. The van der Waals surface area contributed by atoms with E-state index in [4.69, 9.17) is 5.73 Å². The molecule has 1 heterocycles. The van der Waals surface area contributed by atoms with Crippen LogP contribution in [0.15, 0.2) is 6.07 Å². The lowest BCUT2D eigenvalue weighted by Gasteiger charge is -2.31. The highest BCUT2D eigenvalue weighted by Gasteiger charge is 2.20. The number of anilines is 2. The average Bonchev–Trinajstić information content (AvgIpc) is 2.25. The van der Waals surface area contributed by atoms with Crippen molar-refractivity contribution in [2.75, 3.05) is 37.8 Å². The molecule has 102 valence electrons. The minimum Gasteiger partial charge on any atom is -0.381 e. The highest BCUT2D eigenvalue weighted by molar-refractivity contribution is 5.47. The van der Waals surface area contributed by atoms with Crippen LogP contribution >= 0.6 is 0 Å². The van der Waals surface area contributed by atoms with E-state index in [2.05, 4.69) is 4.98 Å². The minimum atomic E-state index is -0.826. The van der Waals surface area contributed by atoms with E-state index in [9.17, 15) is 8.78 Å². The van der Waals surface area contributed by atoms with Crippen molar-refractivity contribution in [3.63, 3.8) is 0 Å². The van der Waals surface area contributed by atoms with Gasteiger partial charge in [0.1, 0.15) is 0 Å². The van der Waals surface area contributed by atoms with Crippen molar-refractivity contribution in [3.05, 3.63) is 17.7 Å². The molecule has 2 N–H and O–H groups in total. The molecule has 1 rings (SSSR count). The molecule has 18 heavy (non-hydrogen) atoms. The van der Waals surface area contributed by atoms with Crippen LogP contribution in [-0.4, -0.2) is 43.1 Å². The number of hydrogen-bond donors (Lipinski definition) is 1. The molecule has 1 unspecified atom stereocenters. The van der Waals surface area contributed by atoms with E-state index in [1.807, 2.05) is 32.8 Å². The van der Waals surface area contributed by atoms with Crippen LogP contribution < -0.4 is 10.6 Å². The summed E-state index contributed by atoms with van der Waals surface area (Å²) in [6, 6.07) is 0.833. The Morgan fingerprint density at radius 1 is 1.33 bits per heavy atom. The number of nitrogens with two attached hydrogens (primary N) is 1. The van der Waals surface area contributed by atoms with Gasteiger partial charge >= 0.3 is 0 Å². The number of rotatable bonds is 5. The third kappa shape index (κ3) is 3.29. The smallest absolute Gasteiger partial charge is 0.168 e. The van der Waals surface area contributed by atoms with Crippen LogP contribution in [0.5, 0.6) is 0 Å². The van der Waals surface area contributed by atoms with Crippen LogP contribution in [0.3, 0.4) is 0 Å². The van der Waals surface area contributed by atoms with E-state index < -0.39 is 11.6 Å². The monoisotopic (exact) mass is 258 g/mol. The normalized spacial score (nSPS) is 12.8. The second-order valence-electron chi connectivity index (χ2n) is 4.56. The van der Waals surface area contributed by atoms with Crippen molar-refractivity contribution in [2.45, 2.75) is 19.9 Å². The zero-order valence-corrected chi connectivity index (χ0v) is 11.2. The van der Waals surface area contributed by atoms with Crippen molar-refractivity contribution in [1.29, 1.82) is 0 Å². The topological polar surface area (TPSA) is 45.4 Å². The molecule has 1 atom stereocenters. The summed E-state index contributed by atoms with van der Waals surface area (Å²) >= 11 is 0. The third-order valence-electron chi connectivity index (χ3n) is 2.71. The summed E-state index contributed by atoms with van der Waals surface area (Å²) in [6.45, 7) is 5.17. The van der Waals surface area contributed by atoms with Gasteiger partial charge in [-0.3, -0.25) is 0 Å². The lowest BCUT2D eigenvalue weighted by atomic mass is 10.2. The molecule has 1 aromatic rings. The number of pyridine rings is 1. The first-order valence-corrected chi connectivity index (χ1v) is 5.89. The van der Waals surface area contributed by atoms with Gasteiger partial charge < -0.3 is 15.5 Å². The summed E-state index contributed by atoms with van der Waals surface area (Å²) in [6.07, 6.45) is 0. The van der Waals surface area contributed by atoms with Gasteiger partial charge in [0.25, 0.3) is 0 Å². The van der Waals surface area contributed by atoms with Gasteiger partial charge in [-0.2, -0.15) is 0 Å². The lowest BCUT2D eigenvalue weighted by Crippen LogP contribution is -2.41. The molecule has 0 aliphatic rings. The van der Waals surface area contributed by atoms with Crippen LogP contribution in [0, 0.1) is 11.6 Å². The quantitative estimate of drug-likeness (QED) is 0.873. The molecule has 6 heteroatoms. The van der Waals surface area contributed by atoms with Crippen LogP contribution in [-0.2, 0) is 0 Å². The van der Waals surface area contributed by atoms with Gasteiger partial charge in [-0.05, 0) is 27.9 Å². The average molecular weight is 258 g/mol. The number of nitrogen functional groups attached to an aromatic ring is 1. The first kappa shape index (κ1) is 14.6. The Balaban J connectivity index is 3.05. The van der Waals surface area contributed by atoms with E-state index in [0.29, 0.717) is 6.54 Å². The maximum absolute atomic E-state index is 13.8. The second-order valence-corrected chi connectivity index (χ2v) is 4.56. The molecule has 0 aliphatic heterocycles. The molecule has 4 nitrogen and oxygen atoms in total. The van der Waals surface area contributed by atoms with Gasteiger partial charge in [0.05, 0.1) is 0 Å². The second kappa shape index (κ2) is 5.95. The van der Waals surface area contributed by atoms with Crippen molar-refractivity contribution in [3.8, 4) is 0 Å². The van der Waals surface area contributed by atoms with Crippen LogP contribution in [0.1, 0.15) is 13.8 Å². The third-order valence-corrected chi connectivity index (χ3v) is 2.71. The summed E-state index contributed by atoms with van der Waals surface area (Å²) in [5.74, 6) is -1.69. The number of likely N-dealkylation sites (N-methyl/N-ethyl adjacent to an activating group) is 2. The Hall–Kier alpha value is -1.43. The van der Waals surface area contributed by atoms with E-state index in [-0.39, 0.29) is 17.7 Å². The molecule has 0 bridgehead atoms. The van der Waals surface area contributed by atoms with Crippen LogP contribution in [0.4, 0.5) is 20.4 Å². The molecule has 0 aromatic carbocycles. The Bertz CT molecular complexity index is 409. The Labute approximate surface area is 106 Å². The summed E-state index contributed by atoms with van der Waals surface area (Å²) in [4.78, 5) is 7.57. The summed E-state index contributed by atoms with van der Waals surface area (Å²) in [5, 5.41) is 0. The van der Waals surface area contributed by atoms with Crippen molar-refractivity contribution in [2.24, 2.45) is 0 Å². The van der Waals surface area contributed by atoms with E-state index >= 15 is 0 Å². The Morgan fingerprint density at radius 2 is 1.94 bits per heavy atom. The van der Waals surface area contributed by atoms with Gasteiger partial charge in [0, 0.05) is 25.2 Å². The number of hydrogen-bond acceptors (Lipinski definition) is 4. The van der Waals surface area contributed by atoms with Gasteiger partial charge in [-0.1, -0.05) is 0 Å². The number of aromatic nitrogens is 1. The standard InChI is InChI=1S/C12H20F2N4/c1-5-18(8(2)7-17(3)4)12-10(14)6-9(13)11(15)16-12/h6,8H,5,7H2,1-4H3,(H2,15,16). The fraction of sp³-hybridized carbons (Fsp3) is 0.583. The van der Waals surface area contributed by atoms with Gasteiger partial charge in [-0.15, -0.1) is 0 Å². The van der Waals surface area contributed by atoms with E-state index in [1.165, 1.54) is 0 Å². The maximum Gasteiger partial charge on any atom is 0.168 e. The largest absolute Gasteiger partial charge is 0.381 e. The summed E-state index contributed by atoms with van der Waals surface area (Å²) < 4.78 is 26.8. The van der Waals surface area contributed by atoms with Gasteiger partial charge in [0.15, 0.2) is 23.3 Å². The van der Waals surface area contributed by atoms with Gasteiger partial charge in [0.2, 0.25) is 0 Å². The zero-order valence-electron chi connectivity index (χ0n) is 11.2. The molecule has 1 aromatic heterocycles. The first-order chi connectivity index (χ1) is 8.36. The Morgan fingerprint density at radius 3 is 2.44 bits per heavy atom. The Kier molecular flexibility index (Phi) is 4.84. The SMILES string of the molecule is CCN(c1nc(N)c(F)cc1F)C(C)CN(C)C. The molecule has 0 saturated carbocycles. The predicted molar refractivity (Wildman–Crippen MR) is 69.6 cm³/mol. The first-order valence-electron chi connectivity index (χ1n) is 5.89. The molecular formula is C12H20F2N4. The molecule has 0 fully saturated rings. The molecule has 0 amide bonds. The highest BCUT2D eigenvalue weighted by atomic mass is 19.1. The molecule has 0 saturated heterocycles. The van der Waals surface area contributed by atoms with Crippen LogP contribution in [0.2, 0.25) is 0 Å². The van der Waals surface area contributed by atoms with E-state index in [0.717, 1.165) is 12.6 Å².